The van der Waals surface area contributed by atoms with Crippen molar-refractivity contribution in [1.29, 1.82) is 0 Å². The highest BCUT2D eigenvalue weighted by Crippen LogP contribution is 2.20. The van der Waals surface area contributed by atoms with Gasteiger partial charge in [0.25, 0.3) is 0 Å². The number of carbonyl (C=O) groups excluding carboxylic acids is 1. The second-order valence-electron chi connectivity index (χ2n) is 3.96. The summed E-state index contributed by atoms with van der Waals surface area (Å²) in [6.45, 7) is 7.20. The van der Waals surface area contributed by atoms with Crippen molar-refractivity contribution in [2.75, 3.05) is 13.6 Å². The maximum Gasteiger partial charge on any atom is 0.237 e. The molecule has 1 aliphatic rings. The average molecular weight is 156 g/mol. The van der Waals surface area contributed by atoms with Crippen molar-refractivity contribution in [3.8, 4) is 0 Å². The van der Waals surface area contributed by atoms with Gasteiger partial charge in [0.2, 0.25) is 5.91 Å². The fourth-order valence-corrected chi connectivity index (χ4v) is 1.43. The molecule has 3 heteroatoms. The van der Waals surface area contributed by atoms with Gasteiger partial charge in [-0.2, -0.15) is 0 Å². The summed E-state index contributed by atoms with van der Waals surface area (Å²) in [6.07, 6.45) is 0.660. The van der Waals surface area contributed by atoms with Crippen molar-refractivity contribution >= 4 is 5.91 Å². The van der Waals surface area contributed by atoms with E-state index in [4.69, 9.17) is 0 Å². The van der Waals surface area contributed by atoms with Crippen LogP contribution in [0.4, 0.5) is 0 Å². The molecule has 0 bridgehead atoms. The van der Waals surface area contributed by atoms with Crippen molar-refractivity contribution in [1.82, 2.24) is 10.0 Å². The first kappa shape index (κ1) is 8.53. The number of nitrogens with zero attached hydrogens (tertiary/aromatic N) is 2. The van der Waals surface area contributed by atoms with Gasteiger partial charge in [0, 0.05) is 25.6 Å². The van der Waals surface area contributed by atoms with Crippen LogP contribution in [0, 0.1) is 0 Å². The third-order valence-corrected chi connectivity index (χ3v) is 2.03. The molecule has 0 radical (unpaired) electrons. The third-order valence-electron chi connectivity index (χ3n) is 2.03. The van der Waals surface area contributed by atoms with E-state index in [1.807, 2.05) is 7.05 Å². The monoisotopic (exact) mass is 156 g/mol. The first-order valence-electron chi connectivity index (χ1n) is 3.97. The van der Waals surface area contributed by atoms with Crippen LogP contribution >= 0.6 is 0 Å². The molecule has 1 fully saturated rings. The van der Waals surface area contributed by atoms with Gasteiger partial charge < -0.3 is 0 Å². The molecule has 3 nitrogen and oxygen atoms in total. The minimum atomic E-state index is 0.0703. The number of hydrazine groups is 1. The SMILES string of the molecule is CN1C(=O)CCN1C(C)(C)C. The fourth-order valence-electron chi connectivity index (χ4n) is 1.43. The minimum Gasteiger partial charge on any atom is -0.278 e. The standard InChI is InChI=1S/C8H16N2O/c1-8(2,3)10-6-5-7(11)9(10)4/h5-6H2,1-4H3. The lowest BCUT2D eigenvalue weighted by atomic mass is 10.1. The highest BCUT2D eigenvalue weighted by atomic mass is 16.2. The van der Waals surface area contributed by atoms with Crippen molar-refractivity contribution in [3.63, 3.8) is 0 Å². The van der Waals surface area contributed by atoms with E-state index < -0.39 is 0 Å². The lowest BCUT2D eigenvalue weighted by Crippen LogP contribution is -2.47. The van der Waals surface area contributed by atoms with Gasteiger partial charge in [-0.1, -0.05) is 0 Å². The van der Waals surface area contributed by atoms with Crippen LogP contribution in [0.5, 0.6) is 0 Å². The summed E-state index contributed by atoms with van der Waals surface area (Å²) in [6, 6.07) is 0. The molecule has 1 amide bonds. The lowest BCUT2D eigenvalue weighted by molar-refractivity contribution is -0.140. The van der Waals surface area contributed by atoms with E-state index in [9.17, 15) is 4.79 Å². The Morgan fingerprint density at radius 2 is 1.91 bits per heavy atom. The summed E-state index contributed by atoms with van der Waals surface area (Å²) >= 11 is 0. The van der Waals surface area contributed by atoms with Crippen LogP contribution < -0.4 is 0 Å². The van der Waals surface area contributed by atoms with E-state index in [1.54, 1.807) is 5.01 Å². The van der Waals surface area contributed by atoms with Gasteiger partial charge >= 0.3 is 0 Å². The zero-order chi connectivity index (χ0) is 8.65. The molecular weight excluding hydrogens is 140 g/mol. The average Bonchev–Trinajstić information content (AvgIpc) is 2.11. The molecular formula is C8H16N2O. The van der Waals surface area contributed by atoms with E-state index in [1.165, 1.54) is 0 Å². The van der Waals surface area contributed by atoms with Crippen molar-refractivity contribution in [2.24, 2.45) is 0 Å². The lowest BCUT2D eigenvalue weighted by Gasteiger charge is -2.36. The van der Waals surface area contributed by atoms with Crippen LogP contribution in [0.1, 0.15) is 27.2 Å². The number of carbonyl (C=O) groups is 1. The molecule has 0 aromatic heterocycles. The van der Waals surface area contributed by atoms with Gasteiger partial charge in [-0.05, 0) is 20.8 Å². The number of amides is 1. The topological polar surface area (TPSA) is 23.6 Å². The van der Waals surface area contributed by atoms with Crippen LogP contribution in [0.25, 0.3) is 0 Å². The Hall–Kier alpha value is -0.570. The molecule has 1 rings (SSSR count). The number of rotatable bonds is 0. The Kier molecular flexibility index (Phi) is 1.92. The van der Waals surface area contributed by atoms with E-state index in [2.05, 4.69) is 25.8 Å². The largest absolute Gasteiger partial charge is 0.278 e. The number of hydrogen-bond donors (Lipinski definition) is 0. The quantitative estimate of drug-likeness (QED) is 0.519. The molecule has 11 heavy (non-hydrogen) atoms. The van der Waals surface area contributed by atoms with Crippen LogP contribution in [-0.2, 0) is 4.79 Å². The second kappa shape index (κ2) is 2.48. The van der Waals surface area contributed by atoms with Gasteiger partial charge in [0.15, 0.2) is 0 Å². The van der Waals surface area contributed by atoms with E-state index >= 15 is 0 Å². The molecule has 0 spiro atoms. The van der Waals surface area contributed by atoms with Crippen LogP contribution in [0.2, 0.25) is 0 Å². The van der Waals surface area contributed by atoms with Gasteiger partial charge in [0.05, 0.1) is 0 Å². The van der Waals surface area contributed by atoms with Crippen LogP contribution in [0.15, 0.2) is 0 Å². The zero-order valence-corrected chi connectivity index (χ0v) is 7.72. The maximum atomic E-state index is 11.1. The predicted molar refractivity (Wildman–Crippen MR) is 43.8 cm³/mol. The molecule has 1 aliphatic heterocycles. The smallest absolute Gasteiger partial charge is 0.237 e. The molecule has 0 unspecified atom stereocenters. The molecule has 0 aromatic carbocycles. The molecule has 0 N–H and O–H groups in total. The Morgan fingerprint density at radius 1 is 1.36 bits per heavy atom. The molecule has 0 aliphatic carbocycles. The summed E-state index contributed by atoms with van der Waals surface area (Å²) in [7, 11) is 1.83. The van der Waals surface area contributed by atoms with E-state index in [0.717, 1.165) is 6.54 Å². The molecule has 64 valence electrons. The Balaban J connectivity index is 2.70. The Bertz CT molecular complexity index is 171. The fraction of sp³-hybridized carbons (Fsp3) is 0.875. The van der Waals surface area contributed by atoms with Gasteiger partial charge in [0.1, 0.15) is 0 Å². The normalized spacial score (nSPS) is 21.5. The van der Waals surface area contributed by atoms with E-state index in [0.29, 0.717) is 6.42 Å². The summed E-state index contributed by atoms with van der Waals surface area (Å²) < 4.78 is 0. The van der Waals surface area contributed by atoms with Crippen molar-refractivity contribution in [2.45, 2.75) is 32.7 Å². The third kappa shape index (κ3) is 1.53. The van der Waals surface area contributed by atoms with Gasteiger partial charge in [-0.3, -0.25) is 9.80 Å². The molecule has 1 saturated heterocycles. The highest BCUT2D eigenvalue weighted by Gasteiger charge is 2.33. The summed E-state index contributed by atoms with van der Waals surface area (Å²) in [4.78, 5) is 11.1. The number of hydrogen-bond acceptors (Lipinski definition) is 2. The van der Waals surface area contributed by atoms with Gasteiger partial charge in [-0.25, -0.2) is 5.01 Å². The Morgan fingerprint density at radius 3 is 2.09 bits per heavy atom. The van der Waals surface area contributed by atoms with Crippen LogP contribution in [-0.4, -0.2) is 35.1 Å². The molecule has 0 saturated carbocycles. The summed E-state index contributed by atoms with van der Waals surface area (Å²) in [5.41, 5.74) is 0.0703. The van der Waals surface area contributed by atoms with Crippen molar-refractivity contribution < 1.29 is 4.79 Å². The predicted octanol–water partition coefficient (Wildman–Crippen LogP) is 0.864. The summed E-state index contributed by atoms with van der Waals surface area (Å²) in [5, 5.41) is 3.81. The molecule has 1 heterocycles. The first-order valence-corrected chi connectivity index (χ1v) is 3.97. The van der Waals surface area contributed by atoms with Crippen molar-refractivity contribution in [3.05, 3.63) is 0 Å². The van der Waals surface area contributed by atoms with Crippen LogP contribution in [0.3, 0.4) is 0 Å². The molecule has 0 atom stereocenters. The zero-order valence-electron chi connectivity index (χ0n) is 7.72. The molecule has 0 aromatic rings. The van der Waals surface area contributed by atoms with Gasteiger partial charge in [-0.15, -0.1) is 0 Å². The second-order valence-corrected chi connectivity index (χ2v) is 3.96. The maximum absolute atomic E-state index is 11.1. The highest BCUT2D eigenvalue weighted by molar-refractivity contribution is 5.77. The van der Waals surface area contributed by atoms with E-state index in [-0.39, 0.29) is 11.4 Å². The minimum absolute atomic E-state index is 0.0703. The first-order chi connectivity index (χ1) is 4.93. The Labute approximate surface area is 67.9 Å². The summed E-state index contributed by atoms with van der Waals surface area (Å²) in [5.74, 6) is 0.222.